The van der Waals surface area contributed by atoms with Crippen LogP contribution >= 0.6 is 0 Å². The Balaban J connectivity index is 2.73. The molecule has 0 aliphatic rings. The van der Waals surface area contributed by atoms with Crippen LogP contribution in [0.4, 0.5) is 0 Å². The van der Waals surface area contributed by atoms with Crippen molar-refractivity contribution in [3.63, 3.8) is 0 Å². The van der Waals surface area contributed by atoms with E-state index in [2.05, 4.69) is 0 Å². The van der Waals surface area contributed by atoms with Crippen molar-refractivity contribution in [2.24, 2.45) is 5.92 Å². The summed E-state index contributed by atoms with van der Waals surface area (Å²) in [5.41, 5.74) is 1.53. The van der Waals surface area contributed by atoms with Gasteiger partial charge in [-0.1, -0.05) is 50.3 Å². The Hall–Kier alpha value is -1.57. The van der Waals surface area contributed by atoms with Gasteiger partial charge in [-0.3, -0.25) is 0 Å². The lowest BCUT2D eigenvalue weighted by Gasteiger charge is -2.09. The molecule has 0 aliphatic carbocycles. The molecule has 0 heterocycles. The molecular formula is C14H18O2. The van der Waals surface area contributed by atoms with Gasteiger partial charge in [-0.2, -0.15) is 0 Å². The van der Waals surface area contributed by atoms with Gasteiger partial charge in [-0.25, -0.2) is 4.79 Å². The number of esters is 1. The molecular weight excluding hydrogens is 200 g/mol. The standard InChI is InChI=1S/C14H18O2/c1-4-13(12-8-6-5-7-9-12)14(15)16-10-11(2)3/h4-9,11H,10H2,1-3H3/b13-4+. The molecule has 0 aliphatic heterocycles. The van der Waals surface area contributed by atoms with Crippen molar-refractivity contribution in [3.05, 3.63) is 42.0 Å². The minimum absolute atomic E-state index is 0.248. The normalized spacial score (nSPS) is 11.6. The van der Waals surface area contributed by atoms with E-state index in [-0.39, 0.29) is 5.97 Å². The van der Waals surface area contributed by atoms with Crippen molar-refractivity contribution < 1.29 is 9.53 Å². The van der Waals surface area contributed by atoms with E-state index in [0.717, 1.165) is 5.56 Å². The van der Waals surface area contributed by atoms with Crippen LogP contribution in [0.15, 0.2) is 36.4 Å². The highest BCUT2D eigenvalue weighted by atomic mass is 16.5. The lowest BCUT2D eigenvalue weighted by molar-refractivity contribution is -0.137. The number of benzene rings is 1. The van der Waals surface area contributed by atoms with E-state index in [4.69, 9.17) is 4.74 Å². The van der Waals surface area contributed by atoms with E-state index in [0.29, 0.717) is 18.1 Å². The molecule has 0 bridgehead atoms. The number of ether oxygens (including phenoxy) is 1. The summed E-state index contributed by atoms with van der Waals surface area (Å²) < 4.78 is 5.20. The first-order chi connectivity index (χ1) is 7.65. The van der Waals surface area contributed by atoms with E-state index < -0.39 is 0 Å². The third-order valence-corrected chi connectivity index (χ3v) is 2.14. The topological polar surface area (TPSA) is 26.3 Å². The summed E-state index contributed by atoms with van der Waals surface area (Å²) in [5, 5.41) is 0. The second-order valence-electron chi connectivity index (χ2n) is 4.06. The summed E-state index contributed by atoms with van der Waals surface area (Å²) >= 11 is 0. The minimum atomic E-state index is -0.248. The summed E-state index contributed by atoms with van der Waals surface area (Å²) in [6, 6.07) is 9.57. The van der Waals surface area contributed by atoms with Crippen LogP contribution in [-0.2, 0) is 9.53 Å². The molecule has 1 aromatic rings. The Kier molecular flexibility index (Phi) is 4.77. The minimum Gasteiger partial charge on any atom is -0.462 e. The van der Waals surface area contributed by atoms with Crippen LogP contribution in [-0.4, -0.2) is 12.6 Å². The number of rotatable bonds is 4. The second-order valence-corrected chi connectivity index (χ2v) is 4.06. The number of allylic oxidation sites excluding steroid dienone is 1. The fourth-order valence-corrected chi connectivity index (χ4v) is 1.34. The molecule has 0 spiro atoms. The first-order valence-electron chi connectivity index (χ1n) is 5.54. The Labute approximate surface area is 96.9 Å². The van der Waals surface area contributed by atoms with Crippen molar-refractivity contribution >= 4 is 11.5 Å². The van der Waals surface area contributed by atoms with Crippen LogP contribution in [0.1, 0.15) is 26.3 Å². The van der Waals surface area contributed by atoms with Gasteiger partial charge in [-0.05, 0) is 18.4 Å². The summed E-state index contributed by atoms with van der Waals surface area (Å²) in [5.74, 6) is 0.111. The van der Waals surface area contributed by atoms with Crippen molar-refractivity contribution in [2.75, 3.05) is 6.61 Å². The van der Waals surface area contributed by atoms with Crippen LogP contribution in [0.3, 0.4) is 0 Å². The van der Waals surface area contributed by atoms with Crippen molar-refractivity contribution in [1.82, 2.24) is 0 Å². The van der Waals surface area contributed by atoms with Gasteiger partial charge in [0.05, 0.1) is 12.2 Å². The van der Waals surface area contributed by atoms with Gasteiger partial charge in [-0.15, -0.1) is 0 Å². The number of carbonyl (C=O) groups excluding carboxylic acids is 1. The van der Waals surface area contributed by atoms with Crippen LogP contribution in [0.5, 0.6) is 0 Å². The van der Waals surface area contributed by atoms with Gasteiger partial charge in [0, 0.05) is 0 Å². The molecule has 0 aromatic heterocycles. The number of hydrogen-bond acceptors (Lipinski definition) is 2. The predicted octanol–water partition coefficient (Wildman–Crippen LogP) is 3.29. The van der Waals surface area contributed by atoms with Crippen molar-refractivity contribution in [2.45, 2.75) is 20.8 Å². The summed E-state index contributed by atoms with van der Waals surface area (Å²) in [7, 11) is 0. The van der Waals surface area contributed by atoms with Crippen LogP contribution in [0, 0.1) is 5.92 Å². The van der Waals surface area contributed by atoms with Crippen LogP contribution in [0.2, 0.25) is 0 Å². The Bertz CT molecular complexity index is 364. The summed E-state index contributed by atoms with van der Waals surface area (Å²) in [6.07, 6.45) is 1.79. The third-order valence-electron chi connectivity index (χ3n) is 2.14. The van der Waals surface area contributed by atoms with Gasteiger partial charge >= 0.3 is 5.97 Å². The first-order valence-corrected chi connectivity index (χ1v) is 5.54. The molecule has 0 amide bonds. The molecule has 86 valence electrons. The molecule has 16 heavy (non-hydrogen) atoms. The maximum Gasteiger partial charge on any atom is 0.338 e. The average molecular weight is 218 g/mol. The highest BCUT2D eigenvalue weighted by molar-refractivity contribution is 6.16. The molecule has 2 heteroatoms. The second kappa shape index (κ2) is 6.11. The Morgan fingerprint density at radius 2 is 1.94 bits per heavy atom. The zero-order chi connectivity index (χ0) is 12.0. The fourth-order valence-electron chi connectivity index (χ4n) is 1.34. The maximum absolute atomic E-state index is 11.8. The quantitative estimate of drug-likeness (QED) is 0.572. The summed E-state index contributed by atoms with van der Waals surface area (Å²) in [4.78, 5) is 11.8. The number of carbonyl (C=O) groups is 1. The molecule has 2 nitrogen and oxygen atoms in total. The van der Waals surface area contributed by atoms with Gasteiger partial charge in [0.2, 0.25) is 0 Å². The lowest BCUT2D eigenvalue weighted by Crippen LogP contribution is -2.11. The molecule has 0 radical (unpaired) electrons. The van der Waals surface area contributed by atoms with Crippen LogP contribution < -0.4 is 0 Å². The monoisotopic (exact) mass is 218 g/mol. The van der Waals surface area contributed by atoms with E-state index >= 15 is 0 Å². The Morgan fingerprint density at radius 3 is 2.44 bits per heavy atom. The molecule has 1 aromatic carbocycles. The molecule has 1 rings (SSSR count). The van der Waals surface area contributed by atoms with Gasteiger partial charge in [0.25, 0.3) is 0 Å². The maximum atomic E-state index is 11.8. The molecule has 0 saturated heterocycles. The number of hydrogen-bond donors (Lipinski definition) is 0. The molecule has 0 unspecified atom stereocenters. The van der Waals surface area contributed by atoms with Gasteiger partial charge in [0.15, 0.2) is 0 Å². The van der Waals surface area contributed by atoms with Crippen molar-refractivity contribution in [3.8, 4) is 0 Å². The smallest absolute Gasteiger partial charge is 0.338 e. The highest BCUT2D eigenvalue weighted by Gasteiger charge is 2.12. The largest absolute Gasteiger partial charge is 0.462 e. The zero-order valence-corrected chi connectivity index (χ0v) is 10.1. The third kappa shape index (κ3) is 3.54. The fraction of sp³-hybridized carbons (Fsp3) is 0.357. The summed E-state index contributed by atoms with van der Waals surface area (Å²) in [6.45, 7) is 6.35. The zero-order valence-electron chi connectivity index (χ0n) is 10.1. The first kappa shape index (κ1) is 12.5. The average Bonchev–Trinajstić information content (AvgIpc) is 2.29. The molecule has 0 fully saturated rings. The van der Waals surface area contributed by atoms with E-state index in [1.807, 2.05) is 51.1 Å². The van der Waals surface area contributed by atoms with E-state index in [1.165, 1.54) is 0 Å². The van der Waals surface area contributed by atoms with Gasteiger partial charge < -0.3 is 4.74 Å². The highest BCUT2D eigenvalue weighted by Crippen LogP contribution is 2.15. The van der Waals surface area contributed by atoms with Gasteiger partial charge in [0.1, 0.15) is 0 Å². The van der Waals surface area contributed by atoms with Crippen molar-refractivity contribution in [1.29, 1.82) is 0 Å². The molecule has 0 saturated carbocycles. The SMILES string of the molecule is C/C=C(/C(=O)OCC(C)C)c1ccccc1. The lowest BCUT2D eigenvalue weighted by atomic mass is 10.1. The molecule has 0 atom stereocenters. The Morgan fingerprint density at radius 1 is 1.31 bits per heavy atom. The molecule has 0 N–H and O–H groups in total. The van der Waals surface area contributed by atoms with Crippen LogP contribution in [0.25, 0.3) is 5.57 Å². The van der Waals surface area contributed by atoms with E-state index in [1.54, 1.807) is 6.08 Å². The predicted molar refractivity (Wildman–Crippen MR) is 65.9 cm³/mol. The van der Waals surface area contributed by atoms with E-state index in [9.17, 15) is 4.79 Å².